The number of hydrogen-bond donors (Lipinski definition) is 1. The fraction of sp³-hybridized carbons (Fsp3) is 0.273. The number of fused-ring (bicyclic) bond motifs is 1. The van der Waals surface area contributed by atoms with Gasteiger partial charge in [0.15, 0.2) is 0 Å². The van der Waals surface area contributed by atoms with Crippen LogP contribution in [0.3, 0.4) is 0 Å². The number of carbonyl (C=O) groups is 1. The summed E-state index contributed by atoms with van der Waals surface area (Å²) >= 11 is 0. The molecule has 0 aromatic rings. The molecular formula is C11H11NO3. The SMILES string of the molecule is COC1=CC2C=CN=C(C(=O)O)C2C=C1. The summed E-state index contributed by atoms with van der Waals surface area (Å²) in [6.07, 6.45) is 8.91. The molecule has 2 aliphatic rings. The smallest absolute Gasteiger partial charge is 0.350 e. The summed E-state index contributed by atoms with van der Waals surface area (Å²) in [7, 11) is 1.59. The van der Waals surface area contributed by atoms with E-state index in [2.05, 4.69) is 4.99 Å². The molecule has 4 nitrogen and oxygen atoms in total. The second-order valence-corrected chi connectivity index (χ2v) is 3.40. The van der Waals surface area contributed by atoms with Gasteiger partial charge in [0.2, 0.25) is 0 Å². The molecule has 0 spiro atoms. The second-order valence-electron chi connectivity index (χ2n) is 3.40. The highest BCUT2D eigenvalue weighted by molar-refractivity contribution is 6.37. The maximum Gasteiger partial charge on any atom is 0.350 e. The molecule has 0 aromatic carbocycles. The minimum Gasteiger partial charge on any atom is -0.497 e. The van der Waals surface area contributed by atoms with Gasteiger partial charge in [-0.1, -0.05) is 12.2 Å². The number of aliphatic carboxylic acids is 1. The largest absolute Gasteiger partial charge is 0.497 e. The minimum atomic E-state index is -0.965. The number of aliphatic imine (C=N–C) groups is 1. The van der Waals surface area contributed by atoms with E-state index in [1.807, 2.05) is 18.2 Å². The standard InChI is InChI=1S/C11H11NO3/c1-15-8-2-3-9-7(6-8)4-5-12-10(9)11(13)14/h2-7,9H,1H3,(H,13,14). The van der Waals surface area contributed by atoms with Crippen molar-refractivity contribution in [3.8, 4) is 0 Å². The van der Waals surface area contributed by atoms with Gasteiger partial charge in [0.1, 0.15) is 11.5 Å². The van der Waals surface area contributed by atoms with Crippen molar-refractivity contribution in [3.05, 3.63) is 36.3 Å². The van der Waals surface area contributed by atoms with Gasteiger partial charge in [-0.15, -0.1) is 0 Å². The molecule has 0 saturated heterocycles. The van der Waals surface area contributed by atoms with Gasteiger partial charge in [-0.25, -0.2) is 4.79 Å². The molecule has 0 bridgehead atoms. The van der Waals surface area contributed by atoms with E-state index in [1.165, 1.54) is 6.20 Å². The van der Waals surface area contributed by atoms with Crippen LogP contribution in [0.4, 0.5) is 0 Å². The number of allylic oxidation sites excluding steroid dienone is 4. The van der Waals surface area contributed by atoms with Crippen LogP contribution in [0, 0.1) is 11.8 Å². The Morgan fingerprint density at radius 3 is 3.00 bits per heavy atom. The predicted octanol–water partition coefficient (Wildman–Crippen LogP) is 1.37. The van der Waals surface area contributed by atoms with Crippen molar-refractivity contribution in [1.29, 1.82) is 0 Å². The molecule has 0 aromatic heterocycles. The first-order chi connectivity index (χ1) is 7.22. The Bertz CT molecular complexity index is 404. The van der Waals surface area contributed by atoms with E-state index in [-0.39, 0.29) is 17.5 Å². The average molecular weight is 205 g/mol. The van der Waals surface area contributed by atoms with E-state index in [0.717, 1.165) is 5.76 Å². The normalized spacial score (nSPS) is 27.8. The number of nitrogens with zero attached hydrogens (tertiary/aromatic N) is 1. The quantitative estimate of drug-likeness (QED) is 0.740. The molecule has 2 atom stereocenters. The third-order valence-corrected chi connectivity index (χ3v) is 2.53. The zero-order chi connectivity index (χ0) is 10.8. The molecule has 1 aliphatic carbocycles. The molecule has 1 N–H and O–H groups in total. The lowest BCUT2D eigenvalue weighted by molar-refractivity contribution is -0.129. The molecule has 2 rings (SSSR count). The van der Waals surface area contributed by atoms with Gasteiger partial charge in [0.05, 0.1) is 7.11 Å². The zero-order valence-corrected chi connectivity index (χ0v) is 8.25. The summed E-state index contributed by atoms with van der Waals surface area (Å²) in [5, 5.41) is 8.95. The first-order valence-electron chi connectivity index (χ1n) is 4.64. The minimum absolute atomic E-state index is 0.0357. The molecule has 15 heavy (non-hydrogen) atoms. The van der Waals surface area contributed by atoms with Crippen LogP contribution in [-0.2, 0) is 9.53 Å². The van der Waals surface area contributed by atoms with Crippen molar-refractivity contribution < 1.29 is 14.6 Å². The summed E-state index contributed by atoms with van der Waals surface area (Å²) in [5.74, 6) is -0.347. The molecule has 0 radical (unpaired) electrons. The first kappa shape index (κ1) is 9.71. The van der Waals surface area contributed by atoms with Crippen molar-refractivity contribution in [2.75, 3.05) is 7.11 Å². The highest BCUT2D eigenvalue weighted by Crippen LogP contribution is 2.28. The molecule has 0 fully saturated rings. The molecule has 1 heterocycles. The van der Waals surface area contributed by atoms with Crippen molar-refractivity contribution in [3.63, 3.8) is 0 Å². The van der Waals surface area contributed by atoms with Gasteiger partial charge in [-0.3, -0.25) is 4.99 Å². The predicted molar refractivity (Wildman–Crippen MR) is 55.4 cm³/mol. The summed E-state index contributed by atoms with van der Waals surface area (Å²) in [4.78, 5) is 14.8. The second kappa shape index (κ2) is 3.73. The number of rotatable bonds is 2. The van der Waals surface area contributed by atoms with Crippen LogP contribution in [0.5, 0.6) is 0 Å². The van der Waals surface area contributed by atoms with Crippen molar-refractivity contribution in [2.45, 2.75) is 0 Å². The van der Waals surface area contributed by atoms with Crippen LogP contribution in [0.15, 0.2) is 41.3 Å². The van der Waals surface area contributed by atoms with Crippen molar-refractivity contribution in [2.24, 2.45) is 16.8 Å². The molecule has 0 saturated carbocycles. The molecule has 1 aliphatic heterocycles. The van der Waals surface area contributed by atoms with Gasteiger partial charge < -0.3 is 9.84 Å². The van der Waals surface area contributed by atoms with Gasteiger partial charge in [-0.2, -0.15) is 0 Å². The first-order valence-corrected chi connectivity index (χ1v) is 4.64. The lowest BCUT2D eigenvalue weighted by atomic mass is 9.83. The van der Waals surface area contributed by atoms with Crippen LogP contribution < -0.4 is 0 Å². The van der Waals surface area contributed by atoms with E-state index < -0.39 is 5.97 Å². The fourth-order valence-corrected chi connectivity index (χ4v) is 1.77. The Morgan fingerprint density at radius 1 is 1.53 bits per heavy atom. The van der Waals surface area contributed by atoms with E-state index >= 15 is 0 Å². The van der Waals surface area contributed by atoms with Crippen molar-refractivity contribution >= 4 is 11.7 Å². The number of methoxy groups -OCH3 is 1. The Morgan fingerprint density at radius 2 is 2.33 bits per heavy atom. The third kappa shape index (κ3) is 1.70. The summed E-state index contributed by atoms with van der Waals surface area (Å²) in [6, 6.07) is 0. The van der Waals surface area contributed by atoms with Gasteiger partial charge >= 0.3 is 5.97 Å². The van der Waals surface area contributed by atoms with E-state index in [0.29, 0.717) is 0 Å². The molecule has 78 valence electrons. The number of carboxylic acid groups (broad SMARTS) is 1. The highest BCUT2D eigenvalue weighted by Gasteiger charge is 2.30. The monoisotopic (exact) mass is 205 g/mol. The summed E-state index contributed by atoms with van der Waals surface area (Å²) < 4.78 is 5.09. The fourth-order valence-electron chi connectivity index (χ4n) is 1.77. The van der Waals surface area contributed by atoms with Crippen LogP contribution in [0.2, 0.25) is 0 Å². The number of hydrogen-bond acceptors (Lipinski definition) is 3. The molecule has 0 amide bonds. The lowest BCUT2D eigenvalue weighted by Gasteiger charge is -2.24. The Balaban J connectivity index is 2.30. The number of ether oxygens (including phenoxy) is 1. The van der Waals surface area contributed by atoms with E-state index in [9.17, 15) is 4.79 Å². The molecule has 2 unspecified atom stereocenters. The topological polar surface area (TPSA) is 58.9 Å². The average Bonchev–Trinajstić information content (AvgIpc) is 2.27. The van der Waals surface area contributed by atoms with Crippen LogP contribution in [0.1, 0.15) is 0 Å². The number of carboxylic acids is 1. The lowest BCUT2D eigenvalue weighted by Crippen LogP contribution is -2.30. The van der Waals surface area contributed by atoms with E-state index in [4.69, 9.17) is 9.84 Å². The van der Waals surface area contributed by atoms with E-state index in [1.54, 1.807) is 13.2 Å². The van der Waals surface area contributed by atoms with Gasteiger partial charge in [0.25, 0.3) is 0 Å². The van der Waals surface area contributed by atoms with Crippen LogP contribution in [0.25, 0.3) is 0 Å². The van der Waals surface area contributed by atoms with Gasteiger partial charge in [0, 0.05) is 18.0 Å². The highest BCUT2D eigenvalue weighted by atomic mass is 16.5. The Hall–Kier alpha value is -1.84. The maximum atomic E-state index is 10.9. The van der Waals surface area contributed by atoms with Crippen LogP contribution in [-0.4, -0.2) is 23.9 Å². The molecular weight excluding hydrogens is 194 g/mol. The third-order valence-electron chi connectivity index (χ3n) is 2.53. The van der Waals surface area contributed by atoms with Crippen LogP contribution >= 0.6 is 0 Å². The zero-order valence-electron chi connectivity index (χ0n) is 8.25. The maximum absolute atomic E-state index is 10.9. The van der Waals surface area contributed by atoms with Gasteiger partial charge in [-0.05, 0) is 12.2 Å². The summed E-state index contributed by atoms with van der Waals surface area (Å²) in [6.45, 7) is 0. The Kier molecular flexibility index (Phi) is 2.41. The van der Waals surface area contributed by atoms with Crippen molar-refractivity contribution in [1.82, 2.24) is 0 Å². The molecule has 4 heteroatoms. The Labute approximate surface area is 87.3 Å². The summed E-state index contributed by atoms with van der Waals surface area (Å²) in [5.41, 5.74) is 0.185.